The number of aromatic amines is 2. The molecule has 0 aromatic carbocycles. The highest BCUT2D eigenvalue weighted by molar-refractivity contribution is 5.23. The van der Waals surface area contributed by atoms with Crippen LogP contribution in [0.5, 0.6) is 0 Å². The highest BCUT2D eigenvalue weighted by Crippen LogP contribution is 2.27. The van der Waals surface area contributed by atoms with Crippen LogP contribution in [0.3, 0.4) is 0 Å². The Hall–Kier alpha value is -1.62. The molecule has 2 aromatic heterocycles. The maximum Gasteiger partial charge on any atom is 0.106 e. The highest BCUT2D eigenvalue weighted by atomic mass is 15.1. The van der Waals surface area contributed by atoms with Crippen LogP contribution in [-0.4, -0.2) is 38.7 Å². The fourth-order valence-electron chi connectivity index (χ4n) is 3.69. The van der Waals surface area contributed by atoms with E-state index in [1.165, 1.54) is 48.5 Å². The fourth-order valence-corrected chi connectivity index (χ4v) is 3.69. The van der Waals surface area contributed by atoms with Crippen molar-refractivity contribution in [2.24, 2.45) is 5.92 Å². The van der Waals surface area contributed by atoms with E-state index in [1.54, 1.807) is 0 Å². The molecule has 3 rings (SSSR count). The first kappa shape index (κ1) is 16.2. The Balaban J connectivity index is 1.48. The van der Waals surface area contributed by atoms with Gasteiger partial charge in [0.15, 0.2) is 0 Å². The molecule has 23 heavy (non-hydrogen) atoms. The van der Waals surface area contributed by atoms with Gasteiger partial charge in [-0.3, -0.25) is 5.10 Å². The molecule has 0 saturated heterocycles. The molecule has 0 aliphatic heterocycles. The standard InChI is InChI=1S/C18H29N5/c1-13-17(14(2)22-21-13)8-9-23(3)12-16-11-19-18(20-16)10-15-6-4-5-7-15/h11,15H,4-10,12H2,1-3H3,(H,19,20)(H,21,22). The molecule has 1 saturated carbocycles. The third-order valence-electron chi connectivity index (χ3n) is 5.10. The molecule has 2 aromatic rings. The van der Waals surface area contributed by atoms with E-state index in [0.717, 1.165) is 37.5 Å². The molecule has 2 N–H and O–H groups in total. The molecule has 126 valence electrons. The zero-order valence-electron chi connectivity index (χ0n) is 14.7. The molecule has 1 fully saturated rings. The predicted molar refractivity (Wildman–Crippen MR) is 92.3 cm³/mol. The minimum Gasteiger partial charge on any atom is -0.345 e. The van der Waals surface area contributed by atoms with Gasteiger partial charge in [0.25, 0.3) is 0 Å². The van der Waals surface area contributed by atoms with Gasteiger partial charge in [-0.15, -0.1) is 0 Å². The van der Waals surface area contributed by atoms with Crippen molar-refractivity contribution >= 4 is 0 Å². The van der Waals surface area contributed by atoms with Crippen LogP contribution in [0.15, 0.2) is 6.20 Å². The lowest BCUT2D eigenvalue weighted by Gasteiger charge is -2.15. The van der Waals surface area contributed by atoms with Crippen molar-refractivity contribution in [2.75, 3.05) is 13.6 Å². The fraction of sp³-hybridized carbons (Fsp3) is 0.667. The summed E-state index contributed by atoms with van der Waals surface area (Å²) in [5.41, 5.74) is 4.89. The Morgan fingerprint density at radius 2 is 2.04 bits per heavy atom. The Kier molecular flexibility index (Phi) is 5.16. The van der Waals surface area contributed by atoms with Crippen LogP contribution >= 0.6 is 0 Å². The van der Waals surface area contributed by atoms with Crippen LogP contribution in [0.2, 0.25) is 0 Å². The summed E-state index contributed by atoms with van der Waals surface area (Å²) in [5, 5.41) is 7.33. The summed E-state index contributed by atoms with van der Waals surface area (Å²) in [7, 11) is 2.17. The maximum atomic E-state index is 4.57. The zero-order valence-corrected chi connectivity index (χ0v) is 14.7. The van der Waals surface area contributed by atoms with Crippen molar-refractivity contribution in [3.05, 3.63) is 34.7 Å². The van der Waals surface area contributed by atoms with E-state index in [2.05, 4.69) is 46.0 Å². The van der Waals surface area contributed by atoms with Crippen molar-refractivity contribution in [1.29, 1.82) is 0 Å². The van der Waals surface area contributed by atoms with Gasteiger partial charge in [-0.1, -0.05) is 25.7 Å². The van der Waals surface area contributed by atoms with Crippen molar-refractivity contribution < 1.29 is 0 Å². The number of hydrogen-bond donors (Lipinski definition) is 2. The van der Waals surface area contributed by atoms with Crippen molar-refractivity contribution in [2.45, 2.75) is 58.9 Å². The first-order valence-corrected chi connectivity index (χ1v) is 8.83. The lowest BCUT2D eigenvalue weighted by molar-refractivity contribution is 0.327. The summed E-state index contributed by atoms with van der Waals surface area (Å²) in [6.45, 7) is 6.12. The molecule has 0 spiro atoms. The van der Waals surface area contributed by atoms with Gasteiger partial charge < -0.3 is 9.88 Å². The first-order chi connectivity index (χ1) is 11.1. The number of hydrogen-bond acceptors (Lipinski definition) is 3. The molecule has 5 heteroatoms. The lowest BCUT2D eigenvalue weighted by Crippen LogP contribution is -2.21. The van der Waals surface area contributed by atoms with Gasteiger partial charge in [-0.2, -0.15) is 5.10 Å². The second kappa shape index (κ2) is 7.30. The average Bonchev–Trinajstić information content (AvgIpc) is 3.23. The summed E-state index contributed by atoms with van der Waals surface area (Å²) in [5.74, 6) is 2.01. The average molecular weight is 315 g/mol. The number of imidazole rings is 1. The van der Waals surface area contributed by atoms with E-state index in [9.17, 15) is 0 Å². The predicted octanol–water partition coefficient (Wildman–Crippen LogP) is 3.16. The molecule has 1 aliphatic carbocycles. The quantitative estimate of drug-likeness (QED) is 0.825. The molecule has 1 aliphatic rings. The van der Waals surface area contributed by atoms with E-state index in [4.69, 9.17) is 0 Å². The topological polar surface area (TPSA) is 60.6 Å². The smallest absolute Gasteiger partial charge is 0.106 e. The molecule has 5 nitrogen and oxygen atoms in total. The van der Waals surface area contributed by atoms with Crippen molar-refractivity contribution in [1.82, 2.24) is 25.1 Å². The number of aromatic nitrogens is 4. The molecule has 2 heterocycles. The van der Waals surface area contributed by atoms with E-state index in [0.29, 0.717) is 0 Å². The number of aryl methyl sites for hydroxylation is 2. The molecule has 0 bridgehead atoms. The van der Waals surface area contributed by atoms with Crippen LogP contribution in [0.25, 0.3) is 0 Å². The van der Waals surface area contributed by atoms with Gasteiger partial charge >= 0.3 is 0 Å². The monoisotopic (exact) mass is 315 g/mol. The third kappa shape index (κ3) is 4.22. The number of nitrogens with one attached hydrogen (secondary N) is 2. The van der Waals surface area contributed by atoms with E-state index in [1.807, 2.05) is 6.20 Å². The van der Waals surface area contributed by atoms with Crippen LogP contribution in [0, 0.1) is 19.8 Å². The summed E-state index contributed by atoms with van der Waals surface area (Å²) in [6, 6.07) is 0. The third-order valence-corrected chi connectivity index (χ3v) is 5.10. The summed E-state index contributed by atoms with van der Waals surface area (Å²) < 4.78 is 0. The Labute approximate surface area is 138 Å². The molecular weight excluding hydrogens is 286 g/mol. The van der Waals surface area contributed by atoms with Gasteiger partial charge in [-0.25, -0.2) is 4.98 Å². The van der Waals surface area contributed by atoms with Gasteiger partial charge in [0.05, 0.1) is 5.69 Å². The molecule has 0 radical (unpaired) electrons. The number of likely N-dealkylation sites (N-methyl/N-ethyl adjacent to an activating group) is 1. The summed E-state index contributed by atoms with van der Waals surface area (Å²) in [4.78, 5) is 10.4. The second-order valence-corrected chi connectivity index (χ2v) is 7.11. The van der Waals surface area contributed by atoms with Gasteiger partial charge in [0.2, 0.25) is 0 Å². The largest absolute Gasteiger partial charge is 0.345 e. The van der Waals surface area contributed by atoms with Gasteiger partial charge in [0, 0.05) is 37.1 Å². The molecule has 0 atom stereocenters. The number of H-pyrrole nitrogens is 2. The van der Waals surface area contributed by atoms with Gasteiger partial charge in [-0.05, 0) is 38.8 Å². The number of nitrogens with zero attached hydrogens (tertiary/aromatic N) is 3. The van der Waals surface area contributed by atoms with Crippen LogP contribution in [0.4, 0.5) is 0 Å². The Bertz CT molecular complexity index is 602. The number of rotatable bonds is 7. The first-order valence-electron chi connectivity index (χ1n) is 8.83. The van der Waals surface area contributed by atoms with Crippen LogP contribution in [-0.2, 0) is 19.4 Å². The highest BCUT2D eigenvalue weighted by Gasteiger charge is 2.17. The van der Waals surface area contributed by atoms with Crippen molar-refractivity contribution in [3.8, 4) is 0 Å². The van der Waals surface area contributed by atoms with E-state index in [-0.39, 0.29) is 0 Å². The zero-order chi connectivity index (χ0) is 16.2. The van der Waals surface area contributed by atoms with Gasteiger partial charge in [0.1, 0.15) is 5.82 Å². The summed E-state index contributed by atoms with van der Waals surface area (Å²) in [6.07, 6.45) is 9.71. The van der Waals surface area contributed by atoms with Crippen molar-refractivity contribution in [3.63, 3.8) is 0 Å². The Morgan fingerprint density at radius 3 is 2.74 bits per heavy atom. The van der Waals surface area contributed by atoms with E-state index >= 15 is 0 Å². The normalized spacial score (nSPS) is 15.8. The minimum atomic E-state index is 0.846. The summed E-state index contributed by atoms with van der Waals surface area (Å²) >= 11 is 0. The maximum absolute atomic E-state index is 4.57. The SMILES string of the molecule is Cc1n[nH]c(C)c1CCN(C)Cc1cnc(CC2CCCC2)[nH]1. The van der Waals surface area contributed by atoms with Crippen LogP contribution < -0.4 is 0 Å². The van der Waals surface area contributed by atoms with E-state index < -0.39 is 0 Å². The van der Waals surface area contributed by atoms with Crippen LogP contribution in [0.1, 0.15) is 54.2 Å². The Morgan fingerprint density at radius 1 is 1.26 bits per heavy atom. The molecular formula is C18H29N5. The molecule has 0 unspecified atom stereocenters. The minimum absolute atomic E-state index is 0.846. The second-order valence-electron chi connectivity index (χ2n) is 7.11. The molecule has 0 amide bonds. The lowest BCUT2D eigenvalue weighted by atomic mass is 10.0.